The van der Waals surface area contributed by atoms with Gasteiger partial charge < -0.3 is 66.7 Å². The van der Waals surface area contributed by atoms with Crippen LogP contribution in [0.2, 0.25) is 0 Å². The predicted octanol–water partition coefficient (Wildman–Crippen LogP) is 0.103. The normalized spacial score (nSPS) is 26.1. The summed E-state index contributed by atoms with van der Waals surface area (Å²) in [4.78, 5) is 110. The molecular formula is C36H44O23. The molecule has 326 valence electrons. The monoisotopic (exact) mass is 844 g/mol. The van der Waals surface area contributed by atoms with Crippen LogP contribution in [0.25, 0.3) is 0 Å². The van der Waals surface area contributed by atoms with Gasteiger partial charge in [0.2, 0.25) is 30.5 Å². The smallest absolute Gasteiger partial charge is 0.338 e. The van der Waals surface area contributed by atoms with Crippen LogP contribution in [0.1, 0.15) is 65.7 Å². The number of rotatable bonds is 15. The maximum atomic E-state index is 12.9. The number of benzene rings is 1. The third-order valence-electron chi connectivity index (χ3n) is 7.84. The molecule has 2 aliphatic heterocycles. The number of carbonyl (C=O) groups excluding carboxylic acids is 9. The molecule has 2 fully saturated rings. The first-order chi connectivity index (χ1) is 27.6. The van der Waals surface area contributed by atoms with E-state index >= 15 is 0 Å². The fourth-order valence-electron chi connectivity index (χ4n) is 5.82. The summed E-state index contributed by atoms with van der Waals surface area (Å²) in [5.41, 5.74) is -0.397. The Hall–Kier alpha value is -6.23. The van der Waals surface area contributed by atoms with Crippen molar-refractivity contribution < 1.29 is 110 Å². The maximum absolute atomic E-state index is 12.9. The SMILES string of the molecule is COC(=O)c1cc(O[C@@H]2O[C@H](COC(C)=O)[C@@H](OC(C)=O)[C@H](OC(C)=O)[C@H]2OC(C)=O)c(O)c(O[C@@H]2O[C@H](COC(C)=O)[C@@H](OC(C)=O)[C@H](OC(C)=O)[C@H]2OC(C)=O)c1. The zero-order valence-corrected chi connectivity index (χ0v) is 33.3. The van der Waals surface area contributed by atoms with Gasteiger partial charge in [-0.15, -0.1) is 0 Å². The largest absolute Gasteiger partial charge is 0.502 e. The van der Waals surface area contributed by atoms with Crippen molar-refractivity contribution in [2.24, 2.45) is 0 Å². The van der Waals surface area contributed by atoms with Crippen LogP contribution < -0.4 is 9.47 Å². The third kappa shape index (κ3) is 13.4. The summed E-state index contributed by atoms with van der Waals surface area (Å²) in [7, 11) is 1.01. The highest BCUT2D eigenvalue weighted by molar-refractivity contribution is 5.91. The third-order valence-corrected chi connectivity index (χ3v) is 7.84. The lowest BCUT2D eigenvalue weighted by Crippen LogP contribution is -2.63. The van der Waals surface area contributed by atoms with Crippen LogP contribution in [0.4, 0.5) is 0 Å². The number of aromatic hydroxyl groups is 1. The highest BCUT2D eigenvalue weighted by Gasteiger charge is 2.55. The lowest BCUT2D eigenvalue weighted by atomic mass is 9.98. The molecule has 0 spiro atoms. The Labute approximate surface area is 335 Å². The molecule has 2 heterocycles. The minimum atomic E-state index is -1.92. The summed E-state index contributed by atoms with van der Waals surface area (Å²) in [5.74, 6) is -10.7. The van der Waals surface area contributed by atoms with Gasteiger partial charge in [0.25, 0.3) is 0 Å². The highest BCUT2D eigenvalue weighted by Crippen LogP contribution is 2.42. The van der Waals surface area contributed by atoms with E-state index in [4.69, 9.17) is 61.6 Å². The fraction of sp³-hybridized carbons (Fsp3) is 0.583. The Morgan fingerprint density at radius 1 is 0.492 bits per heavy atom. The van der Waals surface area contributed by atoms with Gasteiger partial charge in [0.05, 0.1) is 12.7 Å². The molecular weight excluding hydrogens is 800 g/mol. The first kappa shape index (κ1) is 47.1. The van der Waals surface area contributed by atoms with E-state index in [2.05, 4.69) is 0 Å². The average Bonchev–Trinajstić information content (AvgIpc) is 3.11. The topological polar surface area (TPSA) is 294 Å². The molecule has 1 aromatic rings. The lowest BCUT2D eigenvalue weighted by Gasteiger charge is -2.44. The van der Waals surface area contributed by atoms with E-state index in [0.29, 0.717) is 0 Å². The Bertz CT molecular complexity index is 1660. The van der Waals surface area contributed by atoms with Crippen LogP contribution >= 0.6 is 0 Å². The van der Waals surface area contributed by atoms with Crippen molar-refractivity contribution in [3.05, 3.63) is 17.7 Å². The van der Waals surface area contributed by atoms with Gasteiger partial charge in [-0.05, 0) is 12.1 Å². The Morgan fingerprint density at radius 3 is 1.08 bits per heavy atom. The molecule has 1 aromatic carbocycles. The van der Waals surface area contributed by atoms with E-state index in [1.54, 1.807) is 0 Å². The van der Waals surface area contributed by atoms with Crippen molar-refractivity contribution in [2.75, 3.05) is 20.3 Å². The Morgan fingerprint density at radius 2 is 0.797 bits per heavy atom. The van der Waals surface area contributed by atoms with E-state index in [1.807, 2.05) is 0 Å². The summed E-state index contributed by atoms with van der Waals surface area (Å²) < 4.78 is 71.1. The van der Waals surface area contributed by atoms with Crippen molar-refractivity contribution >= 4 is 53.7 Å². The first-order valence-electron chi connectivity index (χ1n) is 17.5. The molecule has 0 aliphatic carbocycles. The predicted molar refractivity (Wildman–Crippen MR) is 185 cm³/mol. The Balaban J connectivity index is 2.22. The van der Waals surface area contributed by atoms with Gasteiger partial charge in [0, 0.05) is 55.4 Å². The van der Waals surface area contributed by atoms with Gasteiger partial charge in [-0.3, -0.25) is 38.4 Å². The van der Waals surface area contributed by atoms with Gasteiger partial charge in [-0.1, -0.05) is 0 Å². The van der Waals surface area contributed by atoms with Crippen LogP contribution in [0.3, 0.4) is 0 Å². The van der Waals surface area contributed by atoms with Crippen LogP contribution in [-0.2, 0) is 90.5 Å². The maximum Gasteiger partial charge on any atom is 0.338 e. The molecule has 0 saturated carbocycles. The molecule has 23 nitrogen and oxygen atoms in total. The molecule has 23 heteroatoms. The van der Waals surface area contributed by atoms with Crippen LogP contribution in [0.15, 0.2) is 12.1 Å². The zero-order valence-electron chi connectivity index (χ0n) is 33.3. The van der Waals surface area contributed by atoms with Crippen LogP contribution in [0.5, 0.6) is 17.2 Å². The van der Waals surface area contributed by atoms with E-state index in [1.165, 1.54) is 0 Å². The lowest BCUT2D eigenvalue weighted by molar-refractivity contribution is -0.289. The molecule has 0 radical (unpaired) electrons. The molecule has 0 amide bonds. The number of methoxy groups -OCH3 is 1. The number of hydrogen-bond donors (Lipinski definition) is 1. The van der Waals surface area contributed by atoms with Gasteiger partial charge in [-0.25, -0.2) is 4.79 Å². The molecule has 0 aromatic heterocycles. The summed E-state index contributed by atoms with van der Waals surface area (Å²) in [6.07, 6.45) is -16.9. The molecule has 2 saturated heterocycles. The van der Waals surface area contributed by atoms with E-state index in [9.17, 15) is 48.3 Å². The quantitative estimate of drug-likeness (QED) is 0.181. The molecule has 59 heavy (non-hydrogen) atoms. The number of phenols is 1. The zero-order chi connectivity index (χ0) is 44.3. The van der Waals surface area contributed by atoms with Crippen LogP contribution in [0, 0.1) is 0 Å². The summed E-state index contributed by atoms with van der Waals surface area (Å²) in [5, 5.41) is 11.6. The number of carbonyl (C=O) groups is 9. The van der Waals surface area contributed by atoms with Crippen molar-refractivity contribution in [1.82, 2.24) is 0 Å². The Kier molecular flexibility index (Phi) is 16.8. The summed E-state index contributed by atoms with van der Waals surface area (Å²) in [6, 6.07) is 1.85. The standard InChI is InChI=1S/C36H44O23/c1-14(37)48-12-25-28(50-16(3)39)30(52-18(5)41)32(54-20(7)43)35(58-25)56-23-10-22(34(46)47-9)11-24(27(23)45)57-36-33(55-21(8)44)31(53-19(6)42)29(51-17(4)40)26(59-36)13-49-15(2)38/h10-11,25-26,28-33,35-36,45H,12-13H2,1-9H3/t25-,26-,28-,29-,30+,31+,32-,33-,35-,36-/m1/s1. The van der Waals surface area contributed by atoms with E-state index in [0.717, 1.165) is 74.6 Å². The minimum Gasteiger partial charge on any atom is -0.502 e. The summed E-state index contributed by atoms with van der Waals surface area (Å²) >= 11 is 0. The van der Waals surface area contributed by atoms with Gasteiger partial charge in [0.15, 0.2) is 35.9 Å². The van der Waals surface area contributed by atoms with Crippen molar-refractivity contribution in [2.45, 2.75) is 117 Å². The van der Waals surface area contributed by atoms with E-state index in [-0.39, 0.29) is 0 Å². The second kappa shape index (κ2) is 21.0. The summed E-state index contributed by atoms with van der Waals surface area (Å²) in [6.45, 7) is 6.81. The first-order valence-corrected chi connectivity index (χ1v) is 17.5. The second-order valence-electron chi connectivity index (χ2n) is 12.7. The number of esters is 9. The highest BCUT2D eigenvalue weighted by atomic mass is 16.8. The van der Waals surface area contributed by atoms with Crippen molar-refractivity contribution in [1.29, 1.82) is 0 Å². The minimum absolute atomic E-state index is 0.397. The molecule has 10 atom stereocenters. The number of phenolic OH excluding ortho intramolecular Hbond substituents is 1. The fourth-order valence-corrected chi connectivity index (χ4v) is 5.82. The molecule has 2 aliphatic rings. The van der Waals surface area contributed by atoms with Crippen LogP contribution in [-0.4, -0.2) is 141 Å². The molecule has 0 unspecified atom stereocenters. The van der Waals surface area contributed by atoms with E-state index < -0.39 is 151 Å². The van der Waals surface area contributed by atoms with Gasteiger partial charge >= 0.3 is 53.7 Å². The van der Waals surface area contributed by atoms with Crippen molar-refractivity contribution in [3.8, 4) is 17.2 Å². The number of hydrogen-bond acceptors (Lipinski definition) is 23. The second-order valence-corrected chi connectivity index (χ2v) is 12.7. The van der Waals surface area contributed by atoms with Gasteiger partial charge in [0.1, 0.15) is 25.4 Å². The van der Waals surface area contributed by atoms with Crippen molar-refractivity contribution in [3.63, 3.8) is 0 Å². The molecule has 3 rings (SSSR count). The molecule has 0 bridgehead atoms. The number of ether oxygens (including phenoxy) is 13. The molecule has 1 N–H and O–H groups in total. The average molecular weight is 845 g/mol. The van der Waals surface area contributed by atoms with Gasteiger partial charge in [-0.2, -0.15) is 0 Å².